The third-order valence-corrected chi connectivity index (χ3v) is 5.88. The van der Waals surface area contributed by atoms with Gasteiger partial charge in [-0.15, -0.1) is 0 Å². The molecule has 0 spiro atoms. The summed E-state index contributed by atoms with van der Waals surface area (Å²) in [5.41, 5.74) is 0.894. The van der Waals surface area contributed by atoms with Gasteiger partial charge in [-0.3, -0.25) is 9.00 Å². The second kappa shape index (κ2) is 9.06. The van der Waals surface area contributed by atoms with Gasteiger partial charge in [-0.25, -0.2) is 0 Å². The molecular weight excluding hydrogens is 310 g/mol. The third kappa shape index (κ3) is 5.34. The van der Waals surface area contributed by atoms with Crippen LogP contribution in [0.3, 0.4) is 0 Å². The van der Waals surface area contributed by atoms with Crippen LogP contribution in [0.4, 0.5) is 0 Å². The van der Waals surface area contributed by atoms with Crippen molar-refractivity contribution in [2.45, 2.75) is 63.0 Å². The summed E-state index contributed by atoms with van der Waals surface area (Å²) >= 11 is 0. The van der Waals surface area contributed by atoms with Gasteiger partial charge in [0.2, 0.25) is 5.91 Å². The number of carbonyl (C=O) groups is 1. The topological polar surface area (TPSA) is 55.4 Å². The van der Waals surface area contributed by atoms with E-state index in [2.05, 4.69) is 5.32 Å². The van der Waals surface area contributed by atoms with Crippen LogP contribution in [0, 0.1) is 0 Å². The first-order valence-electron chi connectivity index (χ1n) is 8.50. The van der Waals surface area contributed by atoms with Crippen LogP contribution in [0.5, 0.6) is 5.75 Å². The van der Waals surface area contributed by atoms with E-state index in [-0.39, 0.29) is 11.9 Å². The Hall–Kier alpha value is -1.36. The quantitative estimate of drug-likeness (QED) is 0.831. The smallest absolute Gasteiger partial charge is 0.235 e. The molecule has 2 atom stereocenters. The normalized spacial score (nSPS) is 18.2. The Morgan fingerprint density at radius 1 is 1.30 bits per heavy atom. The van der Waals surface area contributed by atoms with Gasteiger partial charge in [-0.1, -0.05) is 37.5 Å². The molecule has 0 saturated heterocycles. The Kier molecular flexibility index (Phi) is 7.09. The van der Waals surface area contributed by atoms with E-state index >= 15 is 0 Å². The van der Waals surface area contributed by atoms with Gasteiger partial charge in [0.15, 0.2) is 0 Å². The largest absolute Gasteiger partial charge is 0.494 e. The molecule has 1 aliphatic carbocycles. The Bertz CT molecular complexity index is 541. The van der Waals surface area contributed by atoms with E-state index in [0.29, 0.717) is 12.4 Å². The van der Waals surface area contributed by atoms with Gasteiger partial charge >= 0.3 is 0 Å². The van der Waals surface area contributed by atoms with Gasteiger partial charge in [0, 0.05) is 22.4 Å². The summed E-state index contributed by atoms with van der Waals surface area (Å²) in [5.74, 6) is 1.00. The first-order valence-corrected chi connectivity index (χ1v) is 9.88. The summed E-state index contributed by atoms with van der Waals surface area (Å²) in [4.78, 5) is 12.3. The highest BCUT2D eigenvalue weighted by Crippen LogP contribution is 2.21. The van der Waals surface area contributed by atoms with Gasteiger partial charge in [-0.05, 0) is 32.8 Å². The zero-order valence-corrected chi connectivity index (χ0v) is 14.9. The molecule has 0 bridgehead atoms. The maximum Gasteiger partial charge on any atom is 0.235 e. The zero-order chi connectivity index (χ0) is 16.7. The number of benzene rings is 1. The van der Waals surface area contributed by atoms with Crippen molar-refractivity contribution in [3.05, 3.63) is 29.8 Å². The monoisotopic (exact) mass is 337 g/mol. The predicted octanol–water partition coefficient (Wildman–Crippen LogP) is 3.17. The summed E-state index contributed by atoms with van der Waals surface area (Å²) in [6.45, 7) is 4.24. The molecule has 0 aromatic heterocycles. The maximum absolute atomic E-state index is 12.5. The van der Waals surface area contributed by atoms with Gasteiger partial charge < -0.3 is 10.1 Å². The summed E-state index contributed by atoms with van der Waals surface area (Å²) in [6.07, 6.45) is 5.67. The molecular formula is C18H27NO3S. The Morgan fingerprint density at radius 3 is 2.70 bits per heavy atom. The number of carbonyl (C=O) groups excluding carboxylic acids is 1. The van der Waals surface area contributed by atoms with Crippen LogP contribution in [0.2, 0.25) is 0 Å². The van der Waals surface area contributed by atoms with Crippen molar-refractivity contribution in [2.75, 3.05) is 6.61 Å². The summed E-state index contributed by atoms with van der Waals surface area (Å²) < 4.78 is 18.1. The molecule has 0 aliphatic heterocycles. The van der Waals surface area contributed by atoms with E-state index in [1.54, 1.807) is 6.92 Å². The lowest BCUT2D eigenvalue weighted by Crippen LogP contribution is -2.42. The number of ether oxygens (including phenoxy) is 1. The number of amides is 1. The van der Waals surface area contributed by atoms with Crippen molar-refractivity contribution in [2.24, 2.45) is 0 Å². The average Bonchev–Trinajstić information content (AvgIpc) is 2.57. The minimum Gasteiger partial charge on any atom is -0.494 e. The van der Waals surface area contributed by atoms with Crippen LogP contribution in [0.1, 0.15) is 51.5 Å². The first-order chi connectivity index (χ1) is 11.1. The summed E-state index contributed by atoms with van der Waals surface area (Å²) in [7, 11) is -1.26. The molecule has 0 unspecified atom stereocenters. The highest BCUT2D eigenvalue weighted by Gasteiger charge is 2.24. The first kappa shape index (κ1) is 18.0. The second-order valence-electron chi connectivity index (χ2n) is 6.05. The lowest BCUT2D eigenvalue weighted by Gasteiger charge is -2.24. The highest BCUT2D eigenvalue weighted by molar-refractivity contribution is 7.85. The molecule has 5 heteroatoms. The molecule has 4 nitrogen and oxygen atoms in total. The molecule has 23 heavy (non-hydrogen) atoms. The fourth-order valence-electron chi connectivity index (χ4n) is 2.88. The van der Waals surface area contributed by atoms with E-state index in [1.807, 2.05) is 31.2 Å². The van der Waals surface area contributed by atoms with Gasteiger partial charge in [0.05, 0.1) is 12.4 Å². The molecule has 1 aromatic carbocycles. The lowest BCUT2D eigenvalue weighted by molar-refractivity contribution is -0.121. The van der Waals surface area contributed by atoms with Crippen LogP contribution >= 0.6 is 0 Å². The number of hydrogen-bond donors (Lipinski definition) is 1. The van der Waals surface area contributed by atoms with Crippen LogP contribution in [0.25, 0.3) is 0 Å². The minimum atomic E-state index is -1.26. The van der Waals surface area contributed by atoms with E-state index in [9.17, 15) is 9.00 Å². The average molecular weight is 337 g/mol. The number of hydrogen-bond acceptors (Lipinski definition) is 3. The maximum atomic E-state index is 12.5. The van der Waals surface area contributed by atoms with Gasteiger partial charge in [0.1, 0.15) is 11.0 Å². The van der Waals surface area contributed by atoms with Crippen molar-refractivity contribution < 1.29 is 13.7 Å². The molecule has 128 valence electrons. The number of para-hydroxylation sites is 1. The van der Waals surface area contributed by atoms with Crippen LogP contribution in [0.15, 0.2) is 24.3 Å². The van der Waals surface area contributed by atoms with Crippen LogP contribution in [-0.4, -0.2) is 28.0 Å². The van der Waals surface area contributed by atoms with Crippen molar-refractivity contribution in [1.29, 1.82) is 0 Å². The second-order valence-corrected chi connectivity index (χ2v) is 7.81. The molecule has 2 rings (SSSR count). The lowest BCUT2D eigenvalue weighted by atomic mass is 9.95. The Morgan fingerprint density at radius 2 is 2.00 bits per heavy atom. The minimum absolute atomic E-state index is 0.0934. The Labute approximate surface area is 141 Å². The van der Waals surface area contributed by atoms with Crippen molar-refractivity contribution in [3.8, 4) is 5.75 Å². The third-order valence-electron chi connectivity index (χ3n) is 4.29. The zero-order valence-electron chi connectivity index (χ0n) is 14.0. The molecule has 1 aromatic rings. The molecule has 1 saturated carbocycles. The van der Waals surface area contributed by atoms with Gasteiger partial charge in [-0.2, -0.15) is 0 Å². The van der Waals surface area contributed by atoms with Gasteiger partial charge in [0.25, 0.3) is 0 Å². The standard InChI is InChI=1S/C18H27NO3S/c1-3-22-17-12-8-7-9-15(17)13-23(21)14(2)18(20)19-16-10-5-4-6-11-16/h7-9,12,14,16H,3-6,10-11,13H2,1-2H3,(H,19,20)/t14-,23+/m0/s1. The van der Waals surface area contributed by atoms with Crippen molar-refractivity contribution >= 4 is 16.7 Å². The molecule has 1 amide bonds. The van der Waals surface area contributed by atoms with E-state index in [1.165, 1.54) is 19.3 Å². The SMILES string of the molecule is CCOc1ccccc1C[S@@](=O)[C@@H](C)C(=O)NC1CCCCC1. The highest BCUT2D eigenvalue weighted by atomic mass is 32.2. The van der Waals surface area contributed by atoms with E-state index in [0.717, 1.165) is 24.2 Å². The van der Waals surface area contributed by atoms with Crippen LogP contribution < -0.4 is 10.1 Å². The van der Waals surface area contributed by atoms with Crippen molar-refractivity contribution in [3.63, 3.8) is 0 Å². The summed E-state index contributed by atoms with van der Waals surface area (Å²) in [6, 6.07) is 7.85. The molecule has 1 aliphatic rings. The summed E-state index contributed by atoms with van der Waals surface area (Å²) in [5, 5.41) is 2.55. The van der Waals surface area contributed by atoms with E-state index in [4.69, 9.17) is 4.74 Å². The molecule has 1 N–H and O–H groups in total. The molecule has 0 radical (unpaired) electrons. The molecule has 1 fully saturated rings. The fraction of sp³-hybridized carbons (Fsp3) is 0.611. The van der Waals surface area contributed by atoms with Crippen molar-refractivity contribution in [1.82, 2.24) is 5.32 Å². The predicted molar refractivity (Wildman–Crippen MR) is 93.9 cm³/mol. The fourth-order valence-corrected chi connectivity index (χ4v) is 3.98. The van der Waals surface area contributed by atoms with Crippen LogP contribution in [-0.2, 0) is 21.3 Å². The van der Waals surface area contributed by atoms with E-state index < -0.39 is 16.0 Å². The number of rotatable bonds is 7. The number of nitrogens with one attached hydrogen (secondary N) is 1. The molecule has 0 heterocycles. The Balaban J connectivity index is 1.92.